The molecule has 3 nitrogen and oxygen atoms in total. The fourth-order valence-corrected chi connectivity index (χ4v) is 3.20. The van der Waals surface area contributed by atoms with Gasteiger partial charge in [0.2, 0.25) is 0 Å². The third-order valence-electron chi connectivity index (χ3n) is 3.63. The second-order valence-electron chi connectivity index (χ2n) is 5.36. The van der Waals surface area contributed by atoms with Crippen LogP contribution in [0, 0.1) is 13.8 Å². The van der Waals surface area contributed by atoms with Gasteiger partial charge < -0.3 is 4.74 Å². The van der Waals surface area contributed by atoms with E-state index in [1.165, 1.54) is 0 Å². The molecule has 0 aliphatic carbocycles. The van der Waals surface area contributed by atoms with Gasteiger partial charge in [0.25, 0.3) is 0 Å². The monoisotopic (exact) mass is 408 g/mol. The summed E-state index contributed by atoms with van der Waals surface area (Å²) in [5.74, 6) is 0.0278. The molecule has 24 heavy (non-hydrogen) atoms. The molecule has 5 heteroatoms. The quantitative estimate of drug-likeness (QED) is 0.353. The van der Waals surface area contributed by atoms with E-state index in [-0.39, 0.29) is 5.78 Å². The van der Waals surface area contributed by atoms with Crippen LogP contribution in [0.1, 0.15) is 45.6 Å². The smallest absolute Gasteiger partial charge is 0.196 e. The van der Waals surface area contributed by atoms with Gasteiger partial charge in [-0.15, -0.1) is 0 Å². The van der Waals surface area contributed by atoms with Gasteiger partial charge in [-0.25, -0.2) is 0 Å². The molecule has 0 fully saturated rings. The van der Waals surface area contributed by atoms with Crippen molar-refractivity contribution in [3.05, 3.63) is 70.3 Å². The van der Waals surface area contributed by atoms with Crippen molar-refractivity contribution in [2.45, 2.75) is 32.2 Å². The van der Waals surface area contributed by atoms with E-state index in [1.54, 1.807) is 9.12 Å². The van der Waals surface area contributed by atoms with Gasteiger partial charge in [0, 0.05) is 17.5 Å². The largest absolute Gasteiger partial charge is 0.366 e. The topological polar surface area (TPSA) is 43.4 Å². The van der Waals surface area contributed by atoms with Gasteiger partial charge in [-0.1, -0.05) is 64.0 Å². The molecule has 0 aliphatic heterocycles. The summed E-state index contributed by atoms with van der Waals surface area (Å²) in [6.07, 6.45) is -0.551. The number of ketones is 1. The number of aryl methyl sites for hydroxylation is 2. The van der Waals surface area contributed by atoms with Gasteiger partial charge in [-0.05, 0) is 37.5 Å². The summed E-state index contributed by atoms with van der Waals surface area (Å²) >= 11 is 3.50. The van der Waals surface area contributed by atoms with Crippen LogP contribution in [0.2, 0.25) is 0 Å². The average molecular weight is 409 g/mol. The van der Waals surface area contributed by atoms with Crippen LogP contribution in [-0.2, 0) is 14.6 Å². The number of Topliss-reactive ketones (excluding diaryl/α,β-unsaturated/α-hetero) is 1. The Balaban J connectivity index is 0.00000139. The summed E-state index contributed by atoms with van der Waals surface area (Å²) in [5, 5.41) is 0.657. The van der Waals surface area contributed by atoms with E-state index in [9.17, 15) is 4.79 Å². The minimum Gasteiger partial charge on any atom is -0.366 e. The molecule has 0 bridgehead atoms. The molecule has 0 saturated carbocycles. The standard InChI is InChI=1S/C19H21BrO2.HOP/c1-4-22-19(15-8-6-5-7-9-15)18(21)17-14(3)10-13(2)11-16(17)12-20;1-2/h5-11,19H,4,12H2,1-3H3;2H. The average Bonchev–Trinajstić information content (AvgIpc) is 2.61. The van der Waals surface area contributed by atoms with Crippen LogP contribution in [0.25, 0.3) is 0 Å². The first-order valence-electron chi connectivity index (χ1n) is 7.65. The van der Waals surface area contributed by atoms with Crippen LogP contribution in [0.3, 0.4) is 0 Å². The van der Waals surface area contributed by atoms with Crippen LogP contribution in [-0.4, -0.2) is 12.4 Å². The van der Waals surface area contributed by atoms with Crippen LogP contribution >= 0.6 is 25.0 Å². The molecule has 0 amide bonds. The van der Waals surface area contributed by atoms with E-state index < -0.39 is 6.10 Å². The highest BCUT2D eigenvalue weighted by Gasteiger charge is 2.25. The van der Waals surface area contributed by atoms with Crippen molar-refractivity contribution >= 4 is 30.8 Å². The molecular formula is C19H22BrO3P. The zero-order valence-corrected chi connectivity index (χ0v) is 16.7. The first-order valence-corrected chi connectivity index (χ1v) is 9.18. The highest BCUT2D eigenvalue weighted by Crippen LogP contribution is 2.28. The van der Waals surface area contributed by atoms with Crippen molar-refractivity contribution < 1.29 is 14.1 Å². The van der Waals surface area contributed by atoms with E-state index in [0.29, 0.717) is 11.9 Å². The summed E-state index contributed by atoms with van der Waals surface area (Å²) < 4.78 is 13.8. The molecule has 2 rings (SSSR count). The Morgan fingerprint density at radius 2 is 1.79 bits per heavy atom. The Morgan fingerprint density at radius 1 is 1.17 bits per heavy atom. The molecule has 0 heterocycles. The predicted molar refractivity (Wildman–Crippen MR) is 103 cm³/mol. The molecule has 0 radical (unpaired) electrons. The molecule has 1 unspecified atom stereocenters. The maximum atomic E-state index is 13.1. The van der Waals surface area contributed by atoms with Crippen molar-refractivity contribution in [3.8, 4) is 0 Å². The summed E-state index contributed by atoms with van der Waals surface area (Å²) in [7, 11) is 1.72. The van der Waals surface area contributed by atoms with E-state index >= 15 is 0 Å². The number of ether oxygens (including phenoxy) is 1. The summed E-state index contributed by atoms with van der Waals surface area (Å²) in [4.78, 5) is 13.1. The SMILES string of the molecule is CCOC(C(=O)c1c(C)cc(C)cc1CBr)c1ccccc1.O=P. The van der Waals surface area contributed by atoms with E-state index in [1.807, 2.05) is 57.2 Å². The highest BCUT2D eigenvalue weighted by molar-refractivity contribution is 9.08. The molecule has 0 saturated heterocycles. The lowest BCUT2D eigenvalue weighted by Crippen LogP contribution is -2.19. The maximum absolute atomic E-state index is 13.1. The van der Waals surface area contributed by atoms with E-state index in [2.05, 4.69) is 22.0 Å². The van der Waals surface area contributed by atoms with Crippen LogP contribution in [0.15, 0.2) is 42.5 Å². The molecule has 2 aromatic rings. The number of carbonyl (C=O) groups is 1. The molecule has 0 aromatic heterocycles. The van der Waals surface area contributed by atoms with Crippen molar-refractivity contribution in [1.82, 2.24) is 0 Å². The fraction of sp³-hybridized carbons (Fsp3) is 0.316. The van der Waals surface area contributed by atoms with Crippen LogP contribution in [0.4, 0.5) is 0 Å². The molecule has 0 aliphatic rings. The molecule has 2 aromatic carbocycles. The minimum absolute atomic E-state index is 0.0278. The van der Waals surface area contributed by atoms with Gasteiger partial charge in [-0.3, -0.25) is 9.36 Å². The Morgan fingerprint density at radius 3 is 2.33 bits per heavy atom. The van der Waals surface area contributed by atoms with Crippen molar-refractivity contribution in [2.24, 2.45) is 0 Å². The van der Waals surface area contributed by atoms with Gasteiger partial charge in [0.05, 0.1) is 0 Å². The zero-order valence-electron chi connectivity index (χ0n) is 14.1. The lowest BCUT2D eigenvalue weighted by molar-refractivity contribution is 0.0451. The summed E-state index contributed by atoms with van der Waals surface area (Å²) in [5.41, 5.74) is 4.85. The van der Waals surface area contributed by atoms with Crippen LogP contribution < -0.4 is 0 Å². The number of rotatable bonds is 6. The Hall–Kier alpha value is -1.35. The molecule has 128 valence electrons. The number of carbonyl (C=O) groups excluding carboxylic acids is 1. The normalized spacial score (nSPS) is 11.3. The number of hydrogen-bond donors (Lipinski definition) is 0. The van der Waals surface area contributed by atoms with E-state index in [4.69, 9.17) is 9.30 Å². The summed E-state index contributed by atoms with van der Waals surface area (Å²) in [6.45, 7) is 6.45. The van der Waals surface area contributed by atoms with Gasteiger partial charge in [0.15, 0.2) is 5.78 Å². The van der Waals surface area contributed by atoms with Crippen molar-refractivity contribution in [1.29, 1.82) is 0 Å². The van der Waals surface area contributed by atoms with Crippen LogP contribution in [0.5, 0.6) is 0 Å². The lowest BCUT2D eigenvalue weighted by atomic mass is 9.92. The Labute approximate surface area is 154 Å². The van der Waals surface area contributed by atoms with Gasteiger partial charge in [0.1, 0.15) is 15.2 Å². The second-order valence-corrected chi connectivity index (χ2v) is 5.92. The second kappa shape index (κ2) is 10.5. The first kappa shape index (κ1) is 20.7. The van der Waals surface area contributed by atoms with E-state index in [0.717, 1.165) is 27.8 Å². The third kappa shape index (κ3) is 5.07. The molecule has 0 N–H and O–H groups in total. The highest BCUT2D eigenvalue weighted by atomic mass is 79.9. The minimum atomic E-state index is -0.551. The van der Waals surface area contributed by atoms with Crippen molar-refractivity contribution in [2.75, 3.05) is 6.61 Å². The fourth-order valence-electron chi connectivity index (χ4n) is 2.76. The Kier molecular flexibility index (Phi) is 9.05. The number of benzene rings is 2. The molecule has 0 spiro atoms. The summed E-state index contributed by atoms with van der Waals surface area (Å²) in [6, 6.07) is 13.8. The number of halogens is 1. The first-order chi connectivity index (χ1) is 11.6. The lowest BCUT2D eigenvalue weighted by Gasteiger charge is -2.20. The molecule has 1 atom stereocenters. The maximum Gasteiger partial charge on any atom is 0.196 e. The third-order valence-corrected chi connectivity index (χ3v) is 4.23. The molecular weight excluding hydrogens is 387 g/mol. The number of alkyl halides is 1. The van der Waals surface area contributed by atoms with Gasteiger partial charge in [-0.2, -0.15) is 0 Å². The van der Waals surface area contributed by atoms with Crippen molar-refractivity contribution in [3.63, 3.8) is 0 Å². The Bertz CT molecular complexity index is 674. The zero-order chi connectivity index (χ0) is 18.1. The number of hydrogen-bond acceptors (Lipinski definition) is 3. The predicted octanol–water partition coefficient (Wildman–Crippen LogP) is 5.63. The van der Waals surface area contributed by atoms with Gasteiger partial charge >= 0.3 is 0 Å².